The Morgan fingerprint density at radius 1 is 1.05 bits per heavy atom. The van der Waals surface area contributed by atoms with E-state index in [-0.39, 0.29) is 17.1 Å². The molecule has 224 valence electrons. The number of sulfonamides is 1. The maximum atomic E-state index is 13.4. The van der Waals surface area contributed by atoms with Crippen LogP contribution in [0.15, 0.2) is 39.0 Å². The molecule has 11 heteroatoms. The molecule has 0 fully saturated rings. The van der Waals surface area contributed by atoms with E-state index < -0.39 is 27.6 Å². The number of hydrogen-bond donors (Lipinski definition) is 4. The van der Waals surface area contributed by atoms with Crippen LogP contribution < -0.4 is 15.6 Å². The standard InChI is InChI=1S/C31H39N5O5S/c1-18-19(2)21(4)29(22(5)20(18)3)42(40,41)36-26(31(38)39)17-28-34-25-13-12-23(16-24(25)30(37)35-28)10-9-15-33-27-11-7-6-8-14-32-27/h9-10,12-13,16,26,36H,6-8,11,14-15,17H2,1-5H3,(H,32,33)(H,38,39)(H,34,35,37)/t26-/m0/s1. The molecular formula is C31H39N5O5S. The Labute approximate surface area is 246 Å². The molecule has 1 aromatic heterocycles. The summed E-state index contributed by atoms with van der Waals surface area (Å²) in [7, 11) is -4.20. The van der Waals surface area contributed by atoms with E-state index in [0.29, 0.717) is 28.6 Å². The van der Waals surface area contributed by atoms with E-state index in [9.17, 15) is 23.1 Å². The number of fused-ring (bicyclic) bond motifs is 1. The van der Waals surface area contributed by atoms with Gasteiger partial charge in [-0.15, -0.1) is 0 Å². The van der Waals surface area contributed by atoms with Crippen molar-refractivity contribution in [1.82, 2.24) is 20.0 Å². The number of carboxylic acids is 1. The molecule has 0 saturated heterocycles. The van der Waals surface area contributed by atoms with Gasteiger partial charge in [-0.1, -0.05) is 24.6 Å². The predicted molar refractivity (Wildman–Crippen MR) is 166 cm³/mol. The zero-order chi connectivity index (χ0) is 30.6. The summed E-state index contributed by atoms with van der Waals surface area (Å²) in [5.41, 5.74) is 4.59. The molecule has 2 heterocycles. The summed E-state index contributed by atoms with van der Waals surface area (Å²) in [5.74, 6) is -0.273. The number of benzene rings is 2. The Bertz CT molecular complexity index is 1710. The highest BCUT2D eigenvalue weighted by Gasteiger charge is 2.30. The summed E-state index contributed by atoms with van der Waals surface area (Å²) >= 11 is 0. The van der Waals surface area contributed by atoms with E-state index in [2.05, 4.69) is 25.0 Å². The van der Waals surface area contributed by atoms with Crippen LogP contribution in [0.4, 0.5) is 0 Å². The van der Waals surface area contributed by atoms with Crippen LogP contribution in [0.1, 0.15) is 64.9 Å². The van der Waals surface area contributed by atoms with Crippen molar-refractivity contribution in [3.05, 3.63) is 73.8 Å². The minimum atomic E-state index is -4.20. The van der Waals surface area contributed by atoms with Crippen LogP contribution in [0.25, 0.3) is 17.0 Å². The molecule has 1 aliphatic heterocycles. The number of H-pyrrole nitrogens is 1. The van der Waals surface area contributed by atoms with Gasteiger partial charge in [0.15, 0.2) is 0 Å². The second-order valence-electron chi connectivity index (χ2n) is 10.9. The third-order valence-electron chi connectivity index (χ3n) is 8.08. The molecule has 4 N–H and O–H groups in total. The quantitative estimate of drug-likeness (QED) is 0.292. The molecule has 2 aromatic carbocycles. The lowest BCUT2D eigenvalue weighted by molar-refractivity contribution is -0.139. The monoisotopic (exact) mass is 593 g/mol. The molecule has 0 radical (unpaired) electrons. The van der Waals surface area contributed by atoms with Crippen molar-refractivity contribution < 1.29 is 18.3 Å². The van der Waals surface area contributed by atoms with E-state index in [4.69, 9.17) is 0 Å². The molecule has 4 rings (SSSR count). The summed E-state index contributed by atoms with van der Waals surface area (Å²) in [6.07, 6.45) is 7.97. The van der Waals surface area contributed by atoms with E-state index in [1.54, 1.807) is 26.0 Å². The highest BCUT2D eigenvalue weighted by atomic mass is 32.2. The van der Waals surface area contributed by atoms with Crippen LogP contribution in [0.5, 0.6) is 0 Å². The van der Waals surface area contributed by atoms with E-state index in [1.807, 2.05) is 39.0 Å². The largest absolute Gasteiger partial charge is 0.480 e. The second-order valence-corrected chi connectivity index (χ2v) is 12.5. The van der Waals surface area contributed by atoms with Crippen LogP contribution in [0, 0.1) is 34.6 Å². The summed E-state index contributed by atoms with van der Waals surface area (Å²) in [5, 5.41) is 13.6. The molecule has 3 aromatic rings. The smallest absolute Gasteiger partial charge is 0.322 e. The number of aliphatic carboxylic acids is 1. The summed E-state index contributed by atoms with van der Waals surface area (Å²) < 4.78 is 29.2. The highest BCUT2D eigenvalue weighted by molar-refractivity contribution is 7.89. The number of aromatic nitrogens is 2. The minimum absolute atomic E-state index is 0.0731. The Balaban J connectivity index is 1.52. The van der Waals surface area contributed by atoms with E-state index in [0.717, 1.165) is 53.9 Å². The van der Waals surface area contributed by atoms with Crippen molar-refractivity contribution in [2.45, 2.75) is 77.7 Å². The number of aliphatic imine (C=N–C) groups is 1. The van der Waals surface area contributed by atoms with Gasteiger partial charge in [-0.3, -0.25) is 14.6 Å². The molecule has 0 spiro atoms. The fraction of sp³-hybridized carbons (Fsp3) is 0.419. The van der Waals surface area contributed by atoms with Gasteiger partial charge in [-0.2, -0.15) is 4.72 Å². The number of rotatable bonds is 9. The Kier molecular flexibility index (Phi) is 9.63. The topological polar surface area (TPSA) is 154 Å². The first kappa shape index (κ1) is 31.1. The number of nitrogens with one attached hydrogen (secondary N) is 3. The first-order chi connectivity index (χ1) is 19.9. The lowest BCUT2D eigenvalue weighted by atomic mass is 9.95. The summed E-state index contributed by atoms with van der Waals surface area (Å²) in [6, 6.07) is 3.70. The average molecular weight is 594 g/mol. The molecule has 1 aliphatic rings. The molecule has 0 amide bonds. The zero-order valence-corrected chi connectivity index (χ0v) is 25.6. The van der Waals surface area contributed by atoms with Crippen molar-refractivity contribution in [3.63, 3.8) is 0 Å². The van der Waals surface area contributed by atoms with Gasteiger partial charge in [0.2, 0.25) is 10.0 Å². The van der Waals surface area contributed by atoms with Crippen LogP contribution in [-0.2, 0) is 21.2 Å². The van der Waals surface area contributed by atoms with Gasteiger partial charge in [0.05, 0.1) is 21.6 Å². The van der Waals surface area contributed by atoms with Gasteiger partial charge >= 0.3 is 5.97 Å². The Morgan fingerprint density at radius 3 is 2.43 bits per heavy atom. The number of amidine groups is 1. The second kappa shape index (κ2) is 13.0. The molecule has 0 aliphatic carbocycles. The summed E-state index contributed by atoms with van der Waals surface area (Å²) in [4.78, 5) is 36.8. The van der Waals surface area contributed by atoms with Gasteiger partial charge in [0, 0.05) is 25.9 Å². The maximum absolute atomic E-state index is 13.4. The van der Waals surface area contributed by atoms with E-state index >= 15 is 0 Å². The third kappa shape index (κ3) is 6.96. The third-order valence-corrected chi connectivity index (χ3v) is 9.82. The number of aromatic amines is 1. The molecule has 0 unspecified atom stereocenters. The average Bonchev–Trinajstić information content (AvgIpc) is 3.22. The fourth-order valence-electron chi connectivity index (χ4n) is 5.28. The molecule has 0 bridgehead atoms. The highest BCUT2D eigenvalue weighted by Crippen LogP contribution is 2.29. The van der Waals surface area contributed by atoms with Gasteiger partial charge < -0.3 is 15.4 Å². The Morgan fingerprint density at radius 2 is 1.74 bits per heavy atom. The summed E-state index contributed by atoms with van der Waals surface area (Å²) in [6.45, 7) is 10.5. The van der Waals surface area contributed by atoms with Gasteiger partial charge in [-0.25, -0.2) is 13.4 Å². The van der Waals surface area contributed by atoms with Crippen molar-refractivity contribution in [2.24, 2.45) is 4.99 Å². The Hall–Kier alpha value is -3.83. The number of carboxylic acid groups (broad SMARTS) is 1. The molecule has 42 heavy (non-hydrogen) atoms. The van der Waals surface area contributed by atoms with Crippen molar-refractivity contribution in [1.29, 1.82) is 0 Å². The zero-order valence-electron chi connectivity index (χ0n) is 24.8. The van der Waals surface area contributed by atoms with Gasteiger partial charge in [0.25, 0.3) is 5.56 Å². The first-order valence-corrected chi connectivity index (χ1v) is 15.7. The number of hydrogen-bond acceptors (Lipinski definition) is 7. The van der Waals surface area contributed by atoms with Crippen LogP contribution in [-0.4, -0.2) is 54.4 Å². The normalized spacial score (nSPS) is 15.0. The predicted octanol–water partition coefficient (Wildman–Crippen LogP) is 4.01. The van der Waals surface area contributed by atoms with Gasteiger partial charge in [0.1, 0.15) is 11.9 Å². The van der Waals surface area contributed by atoms with Gasteiger partial charge in [-0.05, 0) is 93.0 Å². The van der Waals surface area contributed by atoms with Crippen molar-refractivity contribution >= 4 is 38.8 Å². The minimum Gasteiger partial charge on any atom is -0.480 e. The van der Waals surface area contributed by atoms with Crippen LogP contribution in [0.3, 0.4) is 0 Å². The lowest BCUT2D eigenvalue weighted by Crippen LogP contribution is -2.43. The number of nitrogens with zero attached hydrogens (tertiary/aromatic N) is 2. The number of carbonyl (C=O) groups is 1. The van der Waals surface area contributed by atoms with Crippen molar-refractivity contribution in [3.8, 4) is 0 Å². The van der Waals surface area contributed by atoms with Crippen LogP contribution in [0.2, 0.25) is 0 Å². The SMILES string of the molecule is Cc1c(C)c(C)c(S(=O)(=O)N[C@@H](Cc2nc3ccc(C=CCNC4=NCCCCC4)cc3c(=O)[nH]2)C(=O)O)c(C)c1C. The molecular weight excluding hydrogens is 554 g/mol. The van der Waals surface area contributed by atoms with Crippen molar-refractivity contribution in [2.75, 3.05) is 13.1 Å². The molecule has 1 atom stereocenters. The molecule has 10 nitrogen and oxygen atoms in total. The first-order valence-electron chi connectivity index (χ1n) is 14.2. The fourth-order valence-corrected chi connectivity index (χ4v) is 7.07. The molecule has 0 saturated carbocycles. The lowest BCUT2D eigenvalue weighted by Gasteiger charge is -2.21. The van der Waals surface area contributed by atoms with E-state index in [1.165, 1.54) is 6.42 Å². The maximum Gasteiger partial charge on any atom is 0.322 e. The van der Waals surface area contributed by atoms with Crippen LogP contribution >= 0.6 is 0 Å².